The molecule has 6 heteroatoms. The Bertz CT molecular complexity index is 867. The number of aromatic nitrogens is 1. The zero-order chi connectivity index (χ0) is 16.8. The van der Waals surface area contributed by atoms with Gasteiger partial charge in [0, 0.05) is 23.2 Å². The first-order valence-corrected chi connectivity index (χ1v) is 7.77. The van der Waals surface area contributed by atoms with Gasteiger partial charge in [-0.15, -0.1) is 0 Å². The minimum atomic E-state index is -0.991. The van der Waals surface area contributed by atoms with E-state index in [2.05, 4.69) is 4.98 Å². The van der Waals surface area contributed by atoms with Gasteiger partial charge in [-0.2, -0.15) is 0 Å². The second-order valence-electron chi connectivity index (χ2n) is 6.62. The van der Waals surface area contributed by atoms with E-state index in [1.165, 1.54) is 0 Å². The summed E-state index contributed by atoms with van der Waals surface area (Å²) in [5.41, 5.74) is 0.410. The summed E-state index contributed by atoms with van der Waals surface area (Å²) < 4.78 is 11.7. The monoisotopic (exact) mass is 330 g/mol. The molecule has 4 nitrogen and oxygen atoms in total. The van der Waals surface area contributed by atoms with Crippen LogP contribution in [0.3, 0.4) is 0 Å². The summed E-state index contributed by atoms with van der Waals surface area (Å²) in [7, 11) is 1.64. The van der Waals surface area contributed by atoms with Crippen LogP contribution in [0.5, 0.6) is 0 Å². The van der Waals surface area contributed by atoms with Crippen molar-refractivity contribution in [3.05, 3.63) is 35.6 Å². The summed E-state index contributed by atoms with van der Waals surface area (Å²) in [6.07, 6.45) is 3.42. The Balaban J connectivity index is 2.07. The summed E-state index contributed by atoms with van der Waals surface area (Å²) in [6, 6.07) is 5.44. The van der Waals surface area contributed by atoms with Crippen molar-refractivity contribution in [2.45, 2.75) is 38.9 Å². The standard InChI is InChI=1S/C17H18BClNO3/c1-16(2,21)17(3,4)23-18-11-5-6-12(19)15-14(11)10-9-20-8-7-13(10)22-15/h5-9,21H,1-4H3. The van der Waals surface area contributed by atoms with Crippen LogP contribution < -0.4 is 5.46 Å². The van der Waals surface area contributed by atoms with Crippen LogP contribution in [-0.2, 0) is 4.65 Å². The highest BCUT2D eigenvalue weighted by atomic mass is 35.5. The summed E-state index contributed by atoms with van der Waals surface area (Å²) in [4.78, 5) is 4.16. The van der Waals surface area contributed by atoms with E-state index in [0.29, 0.717) is 10.6 Å². The topological polar surface area (TPSA) is 55.5 Å². The third-order valence-corrected chi connectivity index (χ3v) is 4.66. The van der Waals surface area contributed by atoms with Crippen LogP contribution in [0, 0.1) is 0 Å². The second-order valence-corrected chi connectivity index (χ2v) is 7.03. The van der Waals surface area contributed by atoms with Crippen LogP contribution in [0.2, 0.25) is 5.02 Å². The van der Waals surface area contributed by atoms with E-state index in [1.807, 2.05) is 19.9 Å². The van der Waals surface area contributed by atoms with Crippen molar-refractivity contribution in [3.8, 4) is 0 Å². The van der Waals surface area contributed by atoms with Crippen molar-refractivity contribution in [3.63, 3.8) is 0 Å². The minimum Gasteiger partial charge on any atom is -0.454 e. The minimum absolute atomic E-state index is 0.537. The number of halogens is 1. The van der Waals surface area contributed by atoms with Crippen LogP contribution in [0.4, 0.5) is 0 Å². The Morgan fingerprint density at radius 1 is 1.22 bits per heavy atom. The number of benzene rings is 1. The van der Waals surface area contributed by atoms with Crippen LogP contribution in [0.15, 0.2) is 35.0 Å². The highest BCUT2D eigenvalue weighted by Gasteiger charge is 2.36. The molecule has 0 aliphatic carbocycles. The Kier molecular flexibility index (Phi) is 3.91. The van der Waals surface area contributed by atoms with Crippen molar-refractivity contribution in [1.82, 2.24) is 4.98 Å². The molecule has 0 fully saturated rings. The van der Waals surface area contributed by atoms with Crippen molar-refractivity contribution < 1.29 is 14.2 Å². The van der Waals surface area contributed by atoms with Gasteiger partial charge in [0.1, 0.15) is 5.58 Å². The summed E-state index contributed by atoms with van der Waals surface area (Å²) in [5, 5.41) is 12.5. The predicted molar refractivity (Wildman–Crippen MR) is 93.4 cm³/mol. The predicted octanol–water partition coefficient (Wildman–Crippen LogP) is 3.45. The molecule has 0 aliphatic rings. The number of hydrogen-bond acceptors (Lipinski definition) is 4. The molecule has 1 N–H and O–H groups in total. The van der Waals surface area contributed by atoms with E-state index < -0.39 is 11.2 Å². The fourth-order valence-corrected chi connectivity index (χ4v) is 2.37. The van der Waals surface area contributed by atoms with Gasteiger partial charge in [-0.1, -0.05) is 17.7 Å². The number of hydrogen-bond donors (Lipinski definition) is 1. The Hall–Kier alpha value is -1.56. The molecule has 0 atom stereocenters. The zero-order valence-electron chi connectivity index (χ0n) is 13.6. The number of furan rings is 1. The average molecular weight is 331 g/mol. The van der Waals surface area contributed by atoms with Gasteiger partial charge in [0.15, 0.2) is 5.58 Å². The Morgan fingerprint density at radius 3 is 2.65 bits per heavy atom. The molecular weight excluding hydrogens is 312 g/mol. The smallest absolute Gasteiger partial charge is 0.331 e. The molecule has 0 saturated carbocycles. The van der Waals surface area contributed by atoms with Crippen LogP contribution >= 0.6 is 11.6 Å². The lowest BCUT2D eigenvalue weighted by Crippen LogP contribution is -2.49. The van der Waals surface area contributed by atoms with Crippen LogP contribution in [-0.4, -0.2) is 28.8 Å². The van der Waals surface area contributed by atoms with Gasteiger partial charge in [0.25, 0.3) is 0 Å². The van der Waals surface area contributed by atoms with E-state index in [0.717, 1.165) is 21.8 Å². The fourth-order valence-electron chi connectivity index (χ4n) is 2.17. The fraction of sp³-hybridized carbons (Fsp3) is 0.353. The van der Waals surface area contributed by atoms with Crippen LogP contribution in [0.25, 0.3) is 21.9 Å². The van der Waals surface area contributed by atoms with Crippen molar-refractivity contribution in [2.75, 3.05) is 0 Å². The molecule has 3 aromatic rings. The molecule has 0 bridgehead atoms. The van der Waals surface area contributed by atoms with E-state index in [4.69, 9.17) is 20.7 Å². The number of fused-ring (bicyclic) bond motifs is 3. The molecule has 1 aromatic carbocycles. The highest BCUT2D eigenvalue weighted by Crippen LogP contribution is 2.32. The van der Waals surface area contributed by atoms with Crippen molar-refractivity contribution in [1.29, 1.82) is 0 Å². The molecule has 0 amide bonds. The lowest BCUT2D eigenvalue weighted by Gasteiger charge is -2.37. The number of rotatable bonds is 4. The second kappa shape index (κ2) is 5.51. The lowest BCUT2D eigenvalue weighted by atomic mass is 9.80. The van der Waals surface area contributed by atoms with Gasteiger partial charge in [0.05, 0.1) is 16.2 Å². The lowest BCUT2D eigenvalue weighted by molar-refractivity contribution is -0.0893. The first-order valence-electron chi connectivity index (χ1n) is 7.39. The molecule has 3 rings (SSSR count). The average Bonchev–Trinajstić information content (AvgIpc) is 2.86. The zero-order valence-corrected chi connectivity index (χ0v) is 14.3. The quantitative estimate of drug-likeness (QED) is 0.745. The van der Waals surface area contributed by atoms with Gasteiger partial charge in [-0.3, -0.25) is 4.98 Å². The summed E-state index contributed by atoms with van der Waals surface area (Å²) >= 11 is 6.25. The molecule has 2 heterocycles. The van der Waals surface area contributed by atoms with Gasteiger partial charge >= 0.3 is 7.48 Å². The number of nitrogens with zero attached hydrogens (tertiary/aromatic N) is 1. The van der Waals surface area contributed by atoms with E-state index in [9.17, 15) is 5.11 Å². The maximum Gasteiger partial charge on any atom is 0.331 e. The van der Waals surface area contributed by atoms with Gasteiger partial charge < -0.3 is 14.2 Å². The molecule has 0 spiro atoms. The normalized spacial score (nSPS) is 13.0. The summed E-state index contributed by atoms with van der Waals surface area (Å²) in [6.45, 7) is 7.11. The van der Waals surface area contributed by atoms with E-state index in [-0.39, 0.29) is 0 Å². The van der Waals surface area contributed by atoms with Gasteiger partial charge in [-0.05, 0) is 45.3 Å². The Labute approximate surface area is 140 Å². The number of aliphatic hydroxyl groups is 1. The third-order valence-electron chi connectivity index (χ3n) is 4.36. The summed E-state index contributed by atoms with van der Waals surface area (Å²) in [5.74, 6) is 0. The van der Waals surface area contributed by atoms with Crippen molar-refractivity contribution in [2.24, 2.45) is 0 Å². The van der Waals surface area contributed by atoms with E-state index >= 15 is 0 Å². The van der Waals surface area contributed by atoms with Gasteiger partial charge in [-0.25, -0.2) is 0 Å². The van der Waals surface area contributed by atoms with E-state index in [1.54, 1.807) is 45.9 Å². The first-order chi connectivity index (χ1) is 10.7. The Morgan fingerprint density at radius 2 is 1.96 bits per heavy atom. The largest absolute Gasteiger partial charge is 0.454 e. The molecule has 0 saturated heterocycles. The molecule has 0 aliphatic heterocycles. The van der Waals surface area contributed by atoms with Crippen LogP contribution in [0.1, 0.15) is 27.7 Å². The third kappa shape index (κ3) is 2.85. The van der Waals surface area contributed by atoms with Gasteiger partial charge in [0.2, 0.25) is 0 Å². The molecule has 23 heavy (non-hydrogen) atoms. The molecule has 119 valence electrons. The SMILES string of the molecule is CC(C)(O)C(C)(C)O[B]c1ccc(Cl)c2oc3ccncc3c12. The maximum absolute atomic E-state index is 10.2. The molecule has 2 aromatic heterocycles. The first kappa shape index (κ1) is 16.3. The molecule has 0 unspecified atom stereocenters. The number of pyridine rings is 1. The maximum atomic E-state index is 10.2. The molecular formula is C17H18BClNO3. The molecule has 1 radical (unpaired) electrons. The van der Waals surface area contributed by atoms with Crippen molar-refractivity contribution >= 4 is 46.5 Å². The highest BCUT2D eigenvalue weighted by molar-refractivity contribution is 6.54.